The zero-order valence-corrected chi connectivity index (χ0v) is 62.1. The van der Waals surface area contributed by atoms with Crippen molar-refractivity contribution in [3.63, 3.8) is 0 Å². The molecule has 0 heterocycles. The molecule has 0 spiro atoms. The molecule has 0 saturated heterocycles. The number of carbonyl (C=O) groups excluding carboxylic acids is 4. The van der Waals surface area contributed by atoms with Crippen molar-refractivity contribution in [1.29, 1.82) is 0 Å². The Morgan fingerprint density at radius 3 is 0.875 bits per heavy atom. The van der Waals surface area contributed by atoms with E-state index in [-0.39, 0.29) is 25.7 Å². The highest BCUT2D eigenvalue weighted by Crippen LogP contribution is 2.45. The number of rotatable bonds is 70. The minimum atomic E-state index is -4.98. The molecule has 5 unspecified atom stereocenters. The summed E-state index contributed by atoms with van der Waals surface area (Å²) >= 11 is 0. The maximum atomic E-state index is 13.1. The van der Waals surface area contributed by atoms with Gasteiger partial charge in [0.05, 0.1) is 26.4 Å². The molecule has 0 aliphatic rings. The Kier molecular flexibility index (Phi) is 66.6. The molecule has 3 N–H and O–H groups in total. The van der Waals surface area contributed by atoms with Crippen molar-refractivity contribution >= 4 is 39.5 Å². The van der Waals surface area contributed by atoms with Gasteiger partial charge < -0.3 is 33.8 Å². The van der Waals surface area contributed by atoms with Crippen molar-refractivity contribution in [3.05, 3.63) is 97.2 Å². The van der Waals surface area contributed by atoms with Crippen LogP contribution in [0.3, 0.4) is 0 Å². The number of hydrogen-bond donors (Lipinski definition) is 3. The minimum absolute atomic E-state index is 0.0765. The van der Waals surface area contributed by atoms with Gasteiger partial charge in [-0.2, -0.15) is 0 Å². The molecule has 19 heteroatoms. The first-order valence-electron chi connectivity index (χ1n) is 37.5. The van der Waals surface area contributed by atoms with Crippen LogP contribution in [-0.4, -0.2) is 96.7 Å². The van der Waals surface area contributed by atoms with Crippen molar-refractivity contribution < 1.29 is 80.2 Å². The van der Waals surface area contributed by atoms with E-state index < -0.39 is 97.5 Å². The monoisotopic (exact) mass is 1390 g/mol. The predicted octanol–water partition coefficient (Wildman–Crippen LogP) is 21.2. The number of unbranched alkanes of at least 4 members (excludes halogenated alkanes) is 28. The number of ether oxygens (including phenoxy) is 4. The zero-order chi connectivity index (χ0) is 70.4. The zero-order valence-electron chi connectivity index (χ0n) is 60.3. The molecule has 0 aromatic carbocycles. The second-order valence-corrected chi connectivity index (χ2v) is 27.7. The highest BCUT2D eigenvalue weighted by atomic mass is 31.2. The van der Waals surface area contributed by atoms with Gasteiger partial charge >= 0.3 is 39.5 Å². The fourth-order valence-corrected chi connectivity index (χ4v) is 11.5. The largest absolute Gasteiger partial charge is 0.472 e. The summed E-state index contributed by atoms with van der Waals surface area (Å²) in [5, 5.41) is 10.6. The van der Waals surface area contributed by atoms with Crippen LogP contribution in [0.25, 0.3) is 0 Å². The summed E-state index contributed by atoms with van der Waals surface area (Å²) in [4.78, 5) is 72.7. The van der Waals surface area contributed by atoms with Gasteiger partial charge in [0, 0.05) is 25.7 Å². The molecule has 0 aromatic rings. The summed E-state index contributed by atoms with van der Waals surface area (Å²) in [6.07, 6.45) is 71.2. The lowest BCUT2D eigenvalue weighted by molar-refractivity contribution is -0.161. The van der Waals surface area contributed by atoms with Crippen molar-refractivity contribution in [2.24, 2.45) is 0 Å². The van der Waals surface area contributed by atoms with Gasteiger partial charge in [0.1, 0.15) is 19.3 Å². The van der Waals surface area contributed by atoms with Gasteiger partial charge in [0.15, 0.2) is 12.2 Å². The summed E-state index contributed by atoms with van der Waals surface area (Å²) in [6, 6.07) is 0. The van der Waals surface area contributed by atoms with E-state index in [9.17, 15) is 43.2 Å². The first-order chi connectivity index (χ1) is 46.7. The topological polar surface area (TPSA) is 237 Å². The number of phosphoric acid groups is 2. The third-order valence-corrected chi connectivity index (χ3v) is 17.4. The smallest absolute Gasteiger partial charge is 0.462 e. The van der Waals surface area contributed by atoms with Crippen molar-refractivity contribution in [2.75, 3.05) is 39.6 Å². The SMILES string of the molecule is CC/C=C\C/C=C\C/C=C\CCCCCCCCCC(=O)OCC(COP(=O)(O)OCC(O)COP(=O)(O)OCC(COC(=O)CCCCCCC/C=C\C/C=C\C/C=C\CC)OC(=O)CCCCCCCCCCCCC)OC(=O)CCCCCCC/C=C\C/C=C\CCC. The number of aliphatic hydroxyl groups excluding tert-OH is 1. The lowest BCUT2D eigenvalue weighted by atomic mass is 10.1. The van der Waals surface area contributed by atoms with Crippen molar-refractivity contribution in [2.45, 2.75) is 329 Å². The summed E-state index contributed by atoms with van der Waals surface area (Å²) in [6.45, 7) is 4.55. The maximum Gasteiger partial charge on any atom is 0.472 e. The van der Waals surface area contributed by atoms with Crippen LogP contribution in [0, 0.1) is 0 Å². The summed E-state index contributed by atoms with van der Waals surface area (Å²) < 4.78 is 68.4. The van der Waals surface area contributed by atoms with Crippen molar-refractivity contribution in [1.82, 2.24) is 0 Å². The Bertz CT molecular complexity index is 2200. The van der Waals surface area contributed by atoms with E-state index >= 15 is 0 Å². The molecule has 0 bridgehead atoms. The molecular weight excluding hydrogens is 1260 g/mol. The standard InChI is InChI=1S/C77H134O17P2/c1-5-9-13-17-21-25-29-32-34-35-37-40-43-46-50-54-58-62-75(80)88-68-73(94-77(82)64-60-56-52-48-44-38-31-27-23-19-15-11-7-3)70-92-96(85,86)90-66-71(78)65-89-95(83,84)91-69-72(93-76(81)63-59-55-51-47-41-28-24-20-16-12-8-4)67-87-74(79)61-57-53-49-45-42-39-36-33-30-26-22-18-14-10-6-2/h9-10,13-15,19,21-22,25-27,31-34,36,71-73,78H,5-8,11-12,16-18,20,23-24,28-30,35,37-70H2,1-4H3,(H,83,84)(H,85,86)/b13-9-,14-10-,19-15-,25-21-,26-22-,31-27-,34-32-,36-33-. The van der Waals surface area contributed by atoms with Gasteiger partial charge in [0.25, 0.3) is 0 Å². The molecule has 0 saturated carbocycles. The highest BCUT2D eigenvalue weighted by Gasteiger charge is 2.30. The van der Waals surface area contributed by atoms with Gasteiger partial charge in [0.2, 0.25) is 0 Å². The van der Waals surface area contributed by atoms with E-state index in [0.29, 0.717) is 25.7 Å². The number of carbonyl (C=O) groups is 4. The molecule has 96 heavy (non-hydrogen) atoms. The molecule has 554 valence electrons. The molecule has 0 aromatic heterocycles. The second kappa shape index (κ2) is 69.5. The molecule has 0 amide bonds. The lowest BCUT2D eigenvalue weighted by Crippen LogP contribution is -2.30. The summed E-state index contributed by atoms with van der Waals surface area (Å²) in [5.41, 5.74) is 0. The van der Waals surface area contributed by atoms with Crippen LogP contribution in [0.4, 0.5) is 0 Å². The van der Waals surface area contributed by atoms with Gasteiger partial charge in [-0.3, -0.25) is 37.3 Å². The Labute approximate surface area is 582 Å². The number of allylic oxidation sites excluding steroid dienone is 16. The average molecular weight is 1390 g/mol. The molecule has 0 aliphatic heterocycles. The van der Waals surface area contributed by atoms with Gasteiger partial charge in [-0.25, -0.2) is 9.13 Å². The van der Waals surface area contributed by atoms with Crippen LogP contribution in [0.1, 0.15) is 310 Å². The Morgan fingerprint density at radius 1 is 0.302 bits per heavy atom. The molecule has 17 nitrogen and oxygen atoms in total. The number of aliphatic hydroxyl groups is 1. The van der Waals surface area contributed by atoms with E-state index in [1.807, 2.05) is 0 Å². The second-order valence-electron chi connectivity index (χ2n) is 24.8. The van der Waals surface area contributed by atoms with Crippen LogP contribution in [0.2, 0.25) is 0 Å². The molecule has 0 rings (SSSR count). The van der Waals surface area contributed by atoms with Crippen LogP contribution in [0.15, 0.2) is 97.2 Å². The van der Waals surface area contributed by atoms with E-state index in [4.69, 9.17) is 37.0 Å². The molecule has 0 radical (unpaired) electrons. The fraction of sp³-hybridized carbons (Fsp3) is 0.740. The minimum Gasteiger partial charge on any atom is -0.462 e. The molecular formula is C77H134O17P2. The average Bonchev–Trinajstić information content (AvgIpc) is 1.17. The van der Waals surface area contributed by atoms with Crippen molar-refractivity contribution in [3.8, 4) is 0 Å². The van der Waals surface area contributed by atoms with E-state index in [1.54, 1.807) is 0 Å². The third-order valence-electron chi connectivity index (χ3n) is 15.5. The maximum absolute atomic E-state index is 13.1. The normalized spacial score (nSPS) is 14.5. The predicted molar refractivity (Wildman–Crippen MR) is 390 cm³/mol. The van der Waals surface area contributed by atoms with Gasteiger partial charge in [-0.05, 0) is 116 Å². The van der Waals surface area contributed by atoms with Crippen LogP contribution in [0.5, 0.6) is 0 Å². The van der Waals surface area contributed by atoms with Gasteiger partial charge in [-0.1, -0.05) is 266 Å². The Hall–Kier alpha value is -4.02. The van der Waals surface area contributed by atoms with Crippen LogP contribution < -0.4 is 0 Å². The van der Waals surface area contributed by atoms with Gasteiger partial charge in [-0.15, -0.1) is 0 Å². The van der Waals surface area contributed by atoms with Crippen LogP contribution >= 0.6 is 15.6 Å². The third kappa shape index (κ3) is 68.5. The molecule has 0 fully saturated rings. The summed E-state index contributed by atoms with van der Waals surface area (Å²) in [7, 11) is -9.95. The Balaban J connectivity index is 5.32. The van der Waals surface area contributed by atoms with E-state index in [2.05, 4.69) is 125 Å². The first-order valence-corrected chi connectivity index (χ1v) is 40.5. The van der Waals surface area contributed by atoms with Crippen LogP contribution in [-0.2, 0) is 65.4 Å². The van der Waals surface area contributed by atoms with E-state index in [1.165, 1.54) is 38.5 Å². The molecule has 0 aliphatic carbocycles. The summed E-state index contributed by atoms with van der Waals surface area (Å²) in [5.74, 6) is -2.21. The number of esters is 4. The fourth-order valence-electron chi connectivity index (χ4n) is 9.87. The number of phosphoric ester groups is 2. The van der Waals surface area contributed by atoms with E-state index in [0.717, 1.165) is 193 Å². The number of hydrogen-bond acceptors (Lipinski definition) is 15. The first kappa shape index (κ1) is 92.0. The Morgan fingerprint density at radius 2 is 0.562 bits per heavy atom. The highest BCUT2D eigenvalue weighted by molar-refractivity contribution is 7.47. The molecule has 5 atom stereocenters. The lowest BCUT2D eigenvalue weighted by Gasteiger charge is -2.21. The quantitative estimate of drug-likeness (QED) is 0.0169.